The molecule has 0 spiro atoms. The molecule has 0 atom stereocenters. The Morgan fingerprint density at radius 1 is 1.17 bits per heavy atom. The Kier molecular flexibility index (Phi) is 3.83. The molecule has 3 aromatic rings. The van der Waals surface area contributed by atoms with E-state index in [0.29, 0.717) is 23.1 Å². The Hall–Kier alpha value is -2.74. The molecule has 0 amide bonds. The number of halogens is 2. The second-order valence-corrected chi connectivity index (χ2v) is 5.78. The number of imidazole rings is 1. The van der Waals surface area contributed by atoms with Gasteiger partial charge in [-0.15, -0.1) is 0 Å². The molecule has 1 aromatic heterocycles. The molecule has 5 heteroatoms. The van der Waals surface area contributed by atoms with E-state index in [1.54, 1.807) is 12.1 Å². The Balaban J connectivity index is 2.16. The lowest BCUT2D eigenvalue weighted by molar-refractivity contribution is 0.510. The van der Waals surface area contributed by atoms with Crippen LogP contribution in [0, 0.1) is 23.0 Å². The molecule has 0 aliphatic carbocycles. The molecular formula is C18H15F2N3. The van der Waals surface area contributed by atoms with Gasteiger partial charge in [0.1, 0.15) is 5.82 Å². The zero-order valence-electron chi connectivity index (χ0n) is 12.8. The summed E-state index contributed by atoms with van der Waals surface area (Å²) in [5, 5.41) is 9.01. The quantitative estimate of drug-likeness (QED) is 0.721. The van der Waals surface area contributed by atoms with Gasteiger partial charge in [-0.1, -0.05) is 26.0 Å². The van der Waals surface area contributed by atoms with E-state index in [9.17, 15) is 8.78 Å². The van der Waals surface area contributed by atoms with Crippen molar-refractivity contribution in [1.82, 2.24) is 9.55 Å². The van der Waals surface area contributed by atoms with Crippen LogP contribution >= 0.6 is 0 Å². The van der Waals surface area contributed by atoms with Crippen molar-refractivity contribution in [3.63, 3.8) is 0 Å². The summed E-state index contributed by atoms with van der Waals surface area (Å²) in [6, 6.07) is 11.6. The minimum Gasteiger partial charge on any atom is -0.323 e. The highest BCUT2D eigenvalue weighted by Crippen LogP contribution is 2.25. The maximum Gasteiger partial charge on any atom is 0.161 e. The summed E-state index contributed by atoms with van der Waals surface area (Å²) < 4.78 is 29.0. The molecule has 3 rings (SSSR count). The van der Waals surface area contributed by atoms with Gasteiger partial charge in [0.25, 0.3) is 0 Å². The first-order valence-electron chi connectivity index (χ1n) is 7.34. The van der Waals surface area contributed by atoms with E-state index in [1.165, 1.54) is 6.07 Å². The number of aromatic nitrogens is 2. The lowest BCUT2D eigenvalue weighted by Gasteiger charge is -2.12. The fraction of sp³-hybridized carbons (Fsp3) is 0.222. The van der Waals surface area contributed by atoms with Crippen LogP contribution in [0.2, 0.25) is 0 Å². The number of nitriles is 1. The van der Waals surface area contributed by atoms with E-state index in [1.807, 2.05) is 30.5 Å². The summed E-state index contributed by atoms with van der Waals surface area (Å²) in [6.07, 6.45) is 0. The third kappa shape index (κ3) is 2.80. The van der Waals surface area contributed by atoms with Gasteiger partial charge in [-0.2, -0.15) is 5.26 Å². The second kappa shape index (κ2) is 5.81. The van der Waals surface area contributed by atoms with Gasteiger partial charge in [-0.3, -0.25) is 0 Å². The van der Waals surface area contributed by atoms with Gasteiger partial charge in [0, 0.05) is 24.6 Å². The van der Waals surface area contributed by atoms with Crippen LogP contribution in [-0.2, 0) is 6.54 Å². The highest BCUT2D eigenvalue weighted by Gasteiger charge is 2.16. The van der Waals surface area contributed by atoms with E-state index in [0.717, 1.165) is 17.5 Å². The van der Waals surface area contributed by atoms with Crippen LogP contribution in [0.3, 0.4) is 0 Å². The van der Waals surface area contributed by atoms with Gasteiger partial charge in [0.2, 0.25) is 0 Å². The molecule has 0 unspecified atom stereocenters. The Morgan fingerprint density at radius 2 is 1.91 bits per heavy atom. The maximum absolute atomic E-state index is 13.6. The fourth-order valence-corrected chi connectivity index (χ4v) is 2.67. The van der Waals surface area contributed by atoms with Gasteiger partial charge < -0.3 is 4.57 Å². The zero-order valence-corrected chi connectivity index (χ0v) is 12.8. The highest BCUT2D eigenvalue weighted by atomic mass is 19.2. The molecule has 2 aromatic carbocycles. The maximum atomic E-state index is 13.6. The SMILES string of the molecule is CC(C)c1nc2cc(F)c(F)cc2n1Cc1cccc(C#N)c1. The summed E-state index contributed by atoms with van der Waals surface area (Å²) in [5.41, 5.74) is 2.46. The van der Waals surface area contributed by atoms with E-state index in [4.69, 9.17) is 5.26 Å². The van der Waals surface area contributed by atoms with Crippen LogP contribution in [0.1, 0.15) is 36.7 Å². The first-order chi connectivity index (χ1) is 11.0. The molecule has 0 saturated heterocycles. The molecule has 0 aliphatic rings. The first kappa shape index (κ1) is 15.2. The van der Waals surface area contributed by atoms with Crippen molar-refractivity contribution in [3.8, 4) is 6.07 Å². The summed E-state index contributed by atoms with van der Waals surface area (Å²) in [5.74, 6) is -0.927. The van der Waals surface area contributed by atoms with Crippen LogP contribution < -0.4 is 0 Å². The molecule has 0 bridgehead atoms. The Labute approximate surface area is 132 Å². The smallest absolute Gasteiger partial charge is 0.161 e. The number of hydrogen-bond acceptors (Lipinski definition) is 2. The predicted molar refractivity (Wildman–Crippen MR) is 84.0 cm³/mol. The summed E-state index contributed by atoms with van der Waals surface area (Å²) in [6.45, 7) is 4.41. The van der Waals surface area contributed by atoms with E-state index >= 15 is 0 Å². The summed E-state index contributed by atoms with van der Waals surface area (Å²) in [7, 11) is 0. The average Bonchev–Trinajstić information content (AvgIpc) is 2.86. The van der Waals surface area contributed by atoms with E-state index < -0.39 is 11.6 Å². The predicted octanol–water partition coefficient (Wildman–Crippen LogP) is 4.36. The second-order valence-electron chi connectivity index (χ2n) is 5.78. The van der Waals surface area contributed by atoms with Crippen LogP contribution in [0.5, 0.6) is 0 Å². The lowest BCUT2D eigenvalue weighted by atomic mass is 10.1. The molecule has 0 aliphatic heterocycles. The fourth-order valence-electron chi connectivity index (χ4n) is 2.67. The number of fused-ring (bicyclic) bond motifs is 1. The normalized spacial score (nSPS) is 11.1. The molecule has 0 radical (unpaired) electrons. The van der Waals surface area contributed by atoms with E-state index in [-0.39, 0.29) is 5.92 Å². The molecule has 116 valence electrons. The molecule has 0 N–H and O–H groups in total. The van der Waals surface area contributed by atoms with Gasteiger partial charge >= 0.3 is 0 Å². The standard InChI is InChI=1S/C18H15F2N3/c1-11(2)18-22-16-7-14(19)15(20)8-17(16)23(18)10-13-5-3-4-12(6-13)9-21/h3-8,11H,10H2,1-2H3. The minimum atomic E-state index is -0.899. The lowest BCUT2D eigenvalue weighted by Crippen LogP contribution is -2.07. The zero-order chi connectivity index (χ0) is 16.6. The van der Waals surface area contributed by atoms with Crippen LogP contribution in [0.25, 0.3) is 11.0 Å². The monoisotopic (exact) mass is 311 g/mol. The van der Waals surface area contributed by atoms with Crippen molar-refractivity contribution >= 4 is 11.0 Å². The first-order valence-corrected chi connectivity index (χ1v) is 7.34. The molecule has 3 nitrogen and oxygen atoms in total. The van der Waals surface area contributed by atoms with E-state index in [2.05, 4.69) is 11.1 Å². The number of nitrogens with zero attached hydrogens (tertiary/aromatic N) is 3. The number of benzene rings is 2. The van der Waals surface area contributed by atoms with Crippen molar-refractivity contribution < 1.29 is 8.78 Å². The van der Waals surface area contributed by atoms with Crippen LogP contribution in [0.15, 0.2) is 36.4 Å². The summed E-state index contributed by atoms with van der Waals surface area (Å²) >= 11 is 0. The van der Waals surface area contributed by atoms with Gasteiger partial charge in [0.15, 0.2) is 11.6 Å². The largest absolute Gasteiger partial charge is 0.323 e. The third-order valence-electron chi connectivity index (χ3n) is 3.73. The van der Waals surface area contributed by atoms with Crippen molar-refractivity contribution in [1.29, 1.82) is 5.26 Å². The highest BCUT2D eigenvalue weighted by molar-refractivity contribution is 5.76. The third-order valence-corrected chi connectivity index (χ3v) is 3.73. The molecule has 1 heterocycles. The average molecular weight is 311 g/mol. The topological polar surface area (TPSA) is 41.6 Å². The Morgan fingerprint density at radius 3 is 2.61 bits per heavy atom. The molecule has 23 heavy (non-hydrogen) atoms. The van der Waals surface area contributed by atoms with Gasteiger partial charge in [-0.25, -0.2) is 13.8 Å². The molecule has 0 saturated carbocycles. The minimum absolute atomic E-state index is 0.104. The van der Waals surface area contributed by atoms with Crippen molar-refractivity contribution in [3.05, 3.63) is 65.0 Å². The van der Waals surface area contributed by atoms with Crippen molar-refractivity contribution in [2.24, 2.45) is 0 Å². The molecular weight excluding hydrogens is 296 g/mol. The summed E-state index contributed by atoms with van der Waals surface area (Å²) in [4.78, 5) is 4.44. The number of rotatable bonds is 3. The van der Waals surface area contributed by atoms with Crippen LogP contribution in [-0.4, -0.2) is 9.55 Å². The number of hydrogen-bond donors (Lipinski definition) is 0. The van der Waals surface area contributed by atoms with Crippen LogP contribution in [0.4, 0.5) is 8.78 Å². The molecule has 0 fully saturated rings. The van der Waals surface area contributed by atoms with Gasteiger partial charge in [-0.05, 0) is 17.7 Å². The van der Waals surface area contributed by atoms with Gasteiger partial charge in [0.05, 0.1) is 22.7 Å². The van der Waals surface area contributed by atoms with Crippen molar-refractivity contribution in [2.75, 3.05) is 0 Å². The Bertz CT molecular complexity index is 920. The van der Waals surface area contributed by atoms with Crippen molar-refractivity contribution in [2.45, 2.75) is 26.3 Å².